The Labute approximate surface area is 150 Å². The molecule has 1 saturated carbocycles. The third kappa shape index (κ3) is 3.34. The molecule has 2 atom stereocenters. The maximum atomic E-state index is 13.2. The van der Waals surface area contributed by atoms with Crippen molar-refractivity contribution >= 4 is 15.9 Å². The second kappa shape index (κ2) is 5.55. The van der Waals surface area contributed by atoms with Crippen molar-refractivity contribution in [2.75, 3.05) is 6.54 Å². The number of primary sulfonamides is 1. The lowest BCUT2D eigenvalue weighted by Crippen LogP contribution is -2.37. The highest BCUT2D eigenvalue weighted by atomic mass is 32.2. The van der Waals surface area contributed by atoms with Crippen molar-refractivity contribution < 1.29 is 13.2 Å². The van der Waals surface area contributed by atoms with Crippen LogP contribution in [0.15, 0.2) is 17.0 Å². The molecule has 138 valence electrons. The van der Waals surface area contributed by atoms with Gasteiger partial charge in [-0.15, -0.1) is 0 Å². The molecule has 2 N–H and O–H groups in total. The fraction of sp³-hybridized carbons (Fsp3) is 0.632. The number of likely N-dealkylation sites (tertiary alicyclic amines) is 1. The van der Waals surface area contributed by atoms with Gasteiger partial charge in [0.15, 0.2) is 0 Å². The molecular weight excluding hydrogens is 336 g/mol. The van der Waals surface area contributed by atoms with E-state index >= 15 is 0 Å². The standard InChI is InChI=1S/C19H28N2O3S/c1-12-6-14(7-16(13(12)2)25(20,23)24)17(22)21-11-19(5)9-15(21)8-18(3,4)10-19/h6-7,15H,8-11H2,1-5H3,(H2,20,23,24)/t15-,19-/m1/s1. The smallest absolute Gasteiger partial charge is 0.254 e. The van der Waals surface area contributed by atoms with E-state index < -0.39 is 10.0 Å². The lowest BCUT2D eigenvalue weighted by molar-refractivity contribution is 0.0708. The molecule has 1 aromatic carbocycles. The SMILES string of the molecule is Cc1cc(C(=O)N2C[C@]3(C)C[C@H]2CC(C)(C)C3)cc(S(N)(=O)=O)c1C. The van der Waals surface area contributed by atoms with Crippen molar-refractivity contribution in [3.05, 3.63) is 28.8 Å². The topological polar surface area (TPSA) is 80.5 Å². The van der Waals surface area contributed by atoms with Crippen LogP contribution in [0.2, 0.25) is 0 Å². The Balaban J connectivity index is 1.99. The van der Waals surface area contributed by atoms with Gasteiger partial charge < -0.3 is 4.90 Å². The molecule has 1 aliphatic carbocycles. The molecule has 3 rings (SSSR count). The van der Waals surface area contributed by atoms with E-state index in [-0.39, 0.29) is 27.7 Å². The molecule has 2 fully saturated rings. The number of hydrogen-bond acceptors (Lipinski definition) is 3. The molecule has 25 heavy (non-hydrogen) atoms. The summed E-state index contributed by atoms with van der Waals surface area (Å²) in [7, 11) is -3.85. The molecule has 1 saturated heterocycles. The normalized spacial score (nSPS) is 28.2. The van der Waals surface area contributed by atoms with Crippen LogP contribution in [0.5, 0.6) is 0 Å². The third-order valence-electron chi connectivity index (χ3n) is 5.85. The number of fused-ring (bicyclic) bond motifs is 2. The molecule has 1 aliphatic heterocycles. The summed E-state index contributed by atoms with van der Waals surface area (Å²) in [6.45, 7) is 11.0. The van der Waals surface area contributed by atoms with Gasteiger partial charge in [-0.05, 0) is 67.2 Å². The monoisotopic (exact) mass is 364 g/mol. The van der Waals surface area contributed by atoms with E-state index in [1.807, 2.05) is 11.8 Å². The molecule has 6 heteroatoms. The Kier molecular flexibility index (Phi) is 4.08. The summed E-state index contributed by atoms with van der Waals surface area (Å²) in [4.78, 5) is 15.2. The molecule has 0 spiro atoms. The molecule has 2 aliphatic rings. The molecule has 5 nitrogen and oxygen atoms in total. The number of nitrogens with two attached hydrogens (primary N) is 1. The van der Waals surface area contributed by atoms with E-state index in [9.17, 15) is 13.2 Å². The molecule has 0 aromatic heterocycles. The predicted molar refractivity (Wildman–Crippen MR) is 97.9 cm³/mol. The molecule has 0 radical (unpaired) electrons. The van der Waals surface area contributed by atoms with Gasteiger partial charge in [0.05, 0.1) is 4.90 Å². The van der Waals surface area contributed by atoms with Gasteiger partial charge in [0.2, 0.25) is 10.0 Å². The zero-order valence-electron chi connectivity index (χ0n) is 15.7. The highest BCUT2D eigenvalue weighted by Gasteiger charge is 2.51. The summed E-state index contributed by atoms with van der Waals surface area (Å²) in [5, 5.41) is 5.34. The van der Waals surface area contributed by atoms with E-state index in [0.717, 1.165) is 31.4 Å². The van der Waals surface area contributed by atoms with Gasteiger partial charge in [0.25, 0.3) is 5.91 Å². The van der Waals surface area contributed by atoms with Crippen molar-refractivity contribution in [2.24, 2.45) is 16.0 Å². The maximum absolute atomic E-state index is 13.2. The van der Waals surface area contributed by atoms with E-state index in [2.05, 4.69) is 20.8 Å². The Hall–Kier alpha value is -1.40. The number of carbonyl (C=O) groups excluding carboxylic acids is 1. The molecule has 0 unspecified atom stereocenters. The van der Waals surface area contributed by atoms with Gasteiger partial charge in [0, 0.05) is 18.2 Å². The summed E-state index contributed by atoms with van der Waals surface area (Å²) >= 11 is 0. The van der Waals surface area contributed by atoms with Crippen LogP contribution >= 0.6 is 0 Å². The summed E-state index contributed by atoms with van der Waals surface area (Å²) < 4.78 is 23.7. The molecule has 1 heterocycles. The number of carbonyl (C=O) groups is 1. The number of rotatable bonds is 2. The number of hydrogen-bond donors (Lipinski definition) is 1. The average molecular weight is 365 g/mol. The van der Waals surface area contributed by atoms with Gasteiger partial charge in [0.1, 0.15) is 0 Å². The van der Waals surface area contributed by atoms with Gasteiger partial charge in [-0.2, -0.15) is 0 Å². The van der Waals surface area contributed by atoms with Crippen molar-refractivity contribution in [1.29, 1.82) is 0 Å². The largest absolute Gasteiger partial charge is 0.335 e. The highest BCUT2D eigenvalue weighted by molar-refractivity contribution is 7.89. The zero-order valence-corrected chi connectivity index (χ0v) is 16.5. The summed E-state index contributed by atoms with van der Waals surface area (Å²) in [5.41, 5.74) is 2.16. The van der Waals surface area contributed by atoms with Crippen molar-refractivity contribution in [1.82, 2.24) is 4.90 Å². The quantitative estimate of drug-likeness (QED) is 0.876. The van der Waals surface area contributed by atoms with Crippen LogP contribution in [0.3, 0.4) is 0 Å². The molecular formula is C19H28N2O3S. The fourth-order valence-corrected chi connectivity index (χ4v) is 5.99. The fourth-order valence-electron chi connectivity index (χ4n) is 5.11. The minimum atomic E-state index is -3.85. The third-order valence-corrected chi connectivity index (χ3v) is 6.89. The first-order valence-electron chi connectivity index (χ1n) is 8.76. The molecule has 1 amide bonds. The van der Waals surface area contributed by atoms with Crippen LogP contribution in [-0.2, 0) is 10.0 Å². The van der Waals surface area contributed by atoms with Crippen LogP contribution < -0.4 is 5.14 Å². The first-order chi connectivity index (χ1) is 11.3. The van der Waals surface area contributed by atoms with Crippen LogP contribution in [0.25, 0.3) is 0 Å². The van der Waals surface area contributed by atoms with Crippen LogP contribution in [0.4, 0.5) is 0 Å². The maximum Gasteiger partial charge on any atom is 0.254 e. The second-order valence-electron chi connectivity index (χ2n) is 9.11. The number of sulfonamides is 1. The van der Waals surface area contributed by atoms with Crippen LogP contribution in [0.1, 0.15) is 61.5 Å². The second-order valence-corrected chi connectivity index (χ2v) is 10.6. The van der Waals surface area contributed by atoms with Crippen molar-refractivity contribution in [3.63, 3.8) is 0 Å². The summed E-state index contributed by atoms with van der Waals surface area (Å²) in [6.07, 6.45) is 3.12. The van der Waals surface area contributed by atoms with E-state index in [1.165, 1.54) is 6.07 Å². The lowest BCUT2D eigenvalue weighted by Gasteiger charge is -2.39. The summed E-state index contributed by atoms with van der Waals surface area (Å²) in [5.74, 6) is -0.0839. The van der Waals surface area contributed by atoms with Gasteiger partial charge in [-0.3, -0.25) is 4.79 Å². The van der Waals surface area contributed by atoms with Crippen molar-refractivity contribution in [2.45, 2.75) is 64.8 Å². The summed E-state index contributed by atoms with van der Waals surface area (Å²) in [6, 6.07) is 3.44. The van der Waals surface area contributed by atoms with Gasteiger partial charge in [-0.25, -0.2) is 13.6 Å². The predicted octanol–water partition coefficient (Wildman–Crippen LogP) is 2.99. The van der Waals surface area contributed by atoms with E-state index in [1.54, 1.807) is 13.0 Å². The van der Waals surface area contributed by atoms with Crippen molar-refractivity contribution in [3.8, 4) is 0 Å². The number of aryl methyl sites for hydroxylation is 1. The van der Waals surface area contributed by atoms with E-state index in [4.69, 9.17) is 5.14 Å². The van der Waals surface area contributed by atoms with Gasteiger partial charge >= 0.3 is 0 Å². The first-order valence-corrected chi connectivity index (χ1v) is 10.3. The minimum absolute atomic E-state index is 0.0459. The number of amides is 1. The van der Waals surface area contributed by atoms with E-state index in [0.29, 0.717) is 11.1 Å². The Bertz CT molecular complexity index is 844. The highest BCUT2D eigenvalue weighted by Crippen LogP contribution is 2.52. The average Bonchev–Trinajstić information content (AvgIpc) is 2.68. The molecule has 2 bridgehead atoms. The first kappa shape index (κ1) is 18.4. The number of benzene rings is 1. The zero-order chi connectivity index (χ0) is 18.8. The van der Waals surface area contributed by atoms with Crippen LogP contribution in [-0.4, -0.2) is 31.8 Å². The minimum Gasteiger partial charge on any atom is -0.335 e. The molecule has 1 aromatic rings. The van der Waals surface area contributed by atoms with Gasteiger partial charge in [-0.1, -0.05) is 20.8 Å². The Morgan fingerprint density at radius 3 is 2.44 bits per heavy atom. The Morgan fingerprint density at radius 2 is 1.84 bits per heavy atom. The Morgan fingerprint density at radius 1 is 1.20 bits per heavy atom. The number of nitrogens with zero attached hydrogens (tertiary/aromatic N) is 1. The lowest BCUT2D eigenvalue weighted by atomic mass is 9.65. The van der Waals surface area contributed by atoms with Crippen LogP contribution in [0, 0.1) is 24.7 Å².